The van der Waals surface area contributed by atoms with Gasteiger partial charge in [-0.05, 0) is 29.4 Å². The van der Waals surface area contributed by atoms with E-state index in [0.717, 1.165) is 0 Å². The highest BCUT2D eigenvalue weighted by atomic mass is 32.2. The molecule has 0 saturated heterocycles. The van der Waals surface area contributed by atoms with Crippen molar-refractivity contribution in [2.75, 3.05) is 0 Å². The minimum Gasteiger partial charge on any atom is -0.122 e. The van der Waals surface area contributed by atoms with Gasteiger partial charge in [0.2, 0.25) is 0 Å². The number of hydrogen-bond donors (Lipinski definition) is 0. The van der Waals surface area contributed by atoms with Crippen LogP contribution in [-0.2, 0) is 0 Å². The van der Waals surface area contributed by atoms with Crippen LogP contribution in [-0.4, -0.2) is 5.25 Å². The van der Waals surface area contributed by atoms with Gasteiger partial charge in [-0.15, -0.1) is 11.8 Å². The third kappa shape index (κ3) is 5.63. The van der Waals surface area contributed by atoms with Crippen LogP contribution >= 0.6 is 11.8 Å². The zero-order valence-corrected chi connectivity index (χ0v) is 12.9. The number of hydrogen-bond acceptors (Lipinski definition) is 1. The zero-order valence-electron chi connectivity index (χ0n) is 12.1. The molecule has 0 saturated carbocycles. The summed E-state index contributed by atoms with van der Waals surface area (Å²) < 4.78 is 0. The molecule has 1 aromatic carbocycles. The van der Waals surface area contributed by atoms with Gasteiger partial charge in [0.05, 0.1) is 0 Å². The Bertz CT molecular complexity index is 327. The van der Waals surface area contributed by atoms with E-state index in [1.165, 1.54) is 11.3 Å². The van der Waals surface area contributed by atoms with Crippen molar-refractivity contribution in [3.63, 3.8) is 0 Å². The Morgan fingerprint density at radius 1 is 0.941 bits per heavy atom. The smallest absolute Gasteiger partial charge is 0.0148 e. The standard InChI is InChI=1S/C16H26S/c1-15(2,3)12-14(16(4,5)6)17-13-10-8-7-9-11-13/h7-11,14H,12H2,1-6H3. The molecule has 0 bridgehead atoms. The summed E-state index contributed by atoms with van der Waals surface area (Å²) in [7, 11) is 0. The molecule has 0 aliphatic heterocycles. The summed E-state index contributed by atoms with van der Waals surface area (Å²) >= 11 is 2.02. The van der Waals surface area contributed by atoms with Crippen molar-refractivity contribution in [3.05, 3.63) is 30.3 Å². The van der Waals surface area contributed by atoms with Gasteiger partial charge in [-0.2, -0.15) is 0 Å². The van der Waals surface area contributed by atoms with Gasteiger partial charge in [0.1, 0.15) is 0 Å². The lowest BCUT2D eigenvalue weighted by molar-refractivity contribution is 0.286. The monoisotopic (exact) mass is 250 g/mol. The molecule has 0 amide bonds. The molecular weight excluding hydrogens is 224 g/mol. The van der Waals surface area contributed by atoms with E-state index in [4.69, 9.17) is 0 Å². The Labute approximate surface area is 111 Å². The second-order valence-corrected chi connectivity index (χ2v) is 8.33. The van der Waals surface area contributed by atoms with Crippen molar-refractivity contribution in [1.82, 2.24) is 0 Å². The predicted octanol–water partition coefficient (Wildman–Crippen LogP) is 5.63. The van der Waals surface area contributed by atoms with Crippen LogP contribution in [0.2, 0.25) is 0 Å². The van der Waals surface area contributed by atoms with Crippen LogP contribution in [0.25, 0.3) is 0 Å². The quantitative estimate of drug-likeness (QED) is 0.626. The first-order chi connectivity index (χ1) is 7.68. The Balaban J connectivity index is 2.79. The van der Waals surface area contributed by atoms with E-state index in [2.05, 4.69) is 71.9 Å². The maximum atomic E-state index is 2.35. The molecule has 1 unspecified atom stereocenters. The van der Waals surface area contributed by atoms with Gasteiger partial charge >= 0.3 is 0 Å². The molecule has 1 atom stereocenters. The second-order valence-electron chi connectivity index (χ2n) is 7.05. The first-order valence-corrected chi connectivity index (χ1v) is 7.28. The fourth-order valence-electron chi connectivity index (χ4n) is 1.74. The summed E-state index contributed by atoms with van der Waals surface area (Å²) in [5, 5.41) is 0.657. The summed E-state index contributed by atoms with van der Waals surface area (Å²) in [6.07, 6.45) is 1.25. The Morgan fingerprint density at radius 3 is 1.88 bits per heavy atom. The third-order valence-electron chi connectivity index (χ3n) is 2.79. The SMILES string of the molecule is CC(C)(C)CC(Sc1ccccc1)C(C)(C)C. The molecule has 0 nitrogen and oxygen atoms in total. The van der Waals surface area contributed by atoms with Crippen LogP contribution in [0.3, 0.4) is 0 Å². The molecule has 0 aliphatic carbocycles. The number of benzene rings is 1. The van der Waals surface area contributed by atoms with Gasteiger partial charge in [0.25, 0.3) is 0 Å². The molecule has 0 heterocycles. The van der Waals surface area contributed by atoms with Gasteiger partial charge in [0, 0.05) is 10.1 Å². The predicted molar refractivity (Wildman–Crippen MR) is 79.6 cm³/mol. The summed E-state index contributed by atoms with van der Waals surface area (Å²) in [6.45, 7) is 14.0. The number of thioether (sulfide) groups is 1. The Hall–Kier alpha value is -0.430. The lowest BCUT2D eigenvalue weighted by Gasteiger charge is -2.35. The van der Waals surface area contributed by atoms with E-state index in [-0.39, 0.29) is 0 Å². The van der Waals surface area contributed by atoms with Crippen LogP contribution < -0.4 is 0 Å². The van der Waals surface area contributed by atoms with E-state index >= 15 is 0 Å². The zero-order chi connectivity index (χ0) is 13.1. The first-order valence-electron chi connectivity index (χ1n) is 6.40. The molecule has 0 aromatic heterocycles. The fraction of sp³-hybridized carbons (Fsp3) is 0.625. The van der Waals surface area contributed by atoms with Crippen molar-refractivity contribution < 1.29 is 0 Å². The van der Waals surface area contributed by atoms with Crippen molar-refractivity contribution in [2.24, 2.45) is 10.8 Å². The van der Waals surface area contributed by atoms with Crippen LogP contribution in [0.5, 0.6) is 0 Å². The van der Waals surface area contributed by atoms with Gasteiger partial charge in [-0.25, -0.2) is 0 Å². The first kappa shape index (κ1) is 14.6. The van der Waals surface area contributed by atoms with E-state index in [1.807, 2.05) is 11.8 Å². The summed E-state index contributed by atoms with van der Waals surface area (Å²) in [5.74, 6) is 0. The summed E-state index contributed by atoms with van der Waals surface area (Å²) in [6, 6.07) is 10.8. The highest BCUT2D eigenvalue weighted by Gasteiger charge is 2.29. The largest absolute Gasteiger partial charge is 0.122 e. The molecule has 0 aliphatic rings. The van der Waals surface area contributed by atoms with Crippen molar-refractivity contribution in [3.8, 4) is 0 Å². The minimum atomic E-state index is 0.341. The normalized spacial score (nSPS) is 14.7. The van der Waals surface area contributed by atoms with E-state index in [9.17, 15) is 0 Å². The maximum absolute atomic E-state index is 2.35. The van der Waals surface area contributed by atoms with Crippen LogP contribution in [0.1, 0.15) is 48.0 Å². The van der Waals surface area contributed by atoms with Crippen LogP contribution in [0.4, 0.5) is 0 Å². The summed E-state index contributed by atoms with van der Waals surface area (Å²) in [4.78, 5) is 1.39. The van der Waals surface area contributed by atoms with Crippen LogP contribution in [0, 0.1) is 10.8 Å². The minimum absolute atomic E-state index is 0.341. The average molecular weight is 250 g/mol. The molecule has 96 valence electrons. The molecular formula is C16H26S. The maximum Gasteiger partial charge on any atom is 0.0148 e. The second kappa shape index (κ2) is 5.48. The molecule has 1 rings (SSSR count). The van der Waals surface area contributed by atoms with Crippen molar-refractivity contribution in [1.29, 1.82) is 0 Å². The van der Waals surface area contributed by atoms with Gasteiger partial charge < -0.3 is 0 Å². The molecule has 0 N–H and O–H groups in total. The molecule has 0 radical (unpaired) electrons. The molecule has 0 spiro atoms. The Kier molecular flexibility index (Phi) is 4.71. The van der Waals surface area contributed by atoms with Gasteiger partial charge in [-0.1, -0.05) is 59.7 Å². The van der Waals surface area contributed by atoms with Crippen molar-refractivity contribution >= 4 is 11.8 Å². The molecule has 1 heteroatoms. The number of rotatable bonds is 3. The third-order valence-corrected chi connectivity index (χ3v) is 4.49. The van der Waals surface area contributed by atoms with Crippen molar-refractivity contribution in [2.45, 2.75) is 58.1 Å². The Morgan fingerprint density at radius 2 is 1.47 bits per heavy atom. The van der Waals surface area contributed by atoms with Crippen LogP contribution in [0.15, 0.2) is 35.2 Å². The topological polar surface area (TPSA) is 0 Å². The molecule has 1 aromatic rings. The molecule has 17 heavy (non-hydrogen) atoms. The molecule has 0 fully saturated rings. The highest BCUT2D eigenvalue weighted by Crippen LogP contribution is 2.41. The lowest BCUT2D eigenvalue weighted by atomic mass is 9.81. The van der Waals surface area contributed by atoms with E-state index in [1.54, 1.807) is 0 Å². The average Bonchev–Trinajstić information content (AvgIpc) is 2.15. The van der Waals surface area contributed by atoms with Gasteiger partial charge in [-0.3, -0.25) is 0 Å². The highest BCUT2D eigenvalue weighted by molar-refractivity contribution is 8.00. The van der Waals surface area contributed by atoms with E-state index < -0.39 is 0 Å². The van der Waals surface area contributed by atoms with Gasteiger partial charge in [0.15, 0.2) is 0 Å². The van der Waals surface area contributed by atoms with E-state index in [0.29, 0.717) is 16.1 Å². The fourth-order valence-corrected chi connectivity index (χ4v) is 3.32. The lowest BCUT2D eigenvalue weighted by Crippen LogP contribution is -2.28. The summed E-state index contributed by atoms with van der Waals surface area (Å²) in [5.41, 5.74) is 0.730.